The molecular formula is C24H30N2O6. The monoisotopic (exact) mass is 442 g/mol. The van der Waals surface area contributed by atoms with Crippen LogP contribution in [0, 0.1) is 13.8 Å². The number of aryl methyl sites for hydroxylation is 2. The highest BCUT2D eigenvalue weighted by Gasteiger charge is 2.16. The molecule has 0 spiro atoms. The summed E-state index contributed by atoms with van der Waals surface area (Å²) in [7, 11) is 0. The number of hydroxylamine groups is 1. The summed E-state index contributed by atoms with van der Waals surface area (Å²) in [6.07, 6.45) is 3.49. The average molecular weight is 443 g/mol. The predicted molar refractivity (Wildman–Crippen MR) is 120 cm³/mol. The standard InChI is InChI=1S/C24H30N2O6/c1-16-7-9-18(20(13-16)23(28)29)15-32-26-12-6-4-3-5-11-25-22(27)19-10-8-17(2)14-21(19)24(30)31/h7-10,13-14,26H,3-6,11-12,15H2,1-2H3,(H,25,27)(H,28,29)(H,30,31). The fourth-order valence-electron chi connectivity index (χ4n) is 3.22. The van der Waals surface area contributed by atoms with Gasteiger partial charge in [0.25, 0.3) is 5.91 Å². The number of carbonyl (C=O) groups is 3. The maximum absolute atomic E-state index is 12.3. The van der Waals surface area contributed by atoms with Gasteiger partial charge in [-0.3, -0.25) is 9.63 Å². The van der Waals surface area contributed by atoms with Gasteiger partial charge in [-0.15, -0.1) is 0 Å². The van der Waals surface area contributed by atoms with E-state index in [1.165, 1.54) is 12.1 Å². The number of rotatable bonds is 13. The molecule has 0 saturated carbocycles. The number of unbranched alkanes of at least 4 members (excludes halogenated alkanes) is 3. The van der Waals surface area contributed by atoms with Crippen molar-refractivity contribution in [1.82, 2.24) is 10.8 Å². The van der Waals surface area contributed by atoms with Crippen molar-refractivity contribution < 1.29 is 29.4 Å². The van der Waals surface area contributed by atoms with Crippen molar-refractivity contribution >= 4 is 17.8 Å². The molecule has 2 aromatic rings. The molecule has 0 saturated heterocycles. The Kier molecular flexibility index (Phi) is 9.84. The molecule has 0 aliphatic carbocycles. The van der Waals surface area contributed by atoms with Crippen LogP contribution < -0.4 is 10.8 Å². The summed E-state index contributed by atoms with van der Waals surface area (Å²) in [4.78, 5) is 40.2. The van der Waals surface area contributed by atoms with E-state index >= 15 is 0 Å². The predicted octanol–water partition coefficient (Wildman–Crippen LogP) is 3.71. The molecule has 0 aliphatic rings. The average Bonchev–Trinajstić information content (AvgIpc) is 2.75. The first-order valence-electron chi connectivity index (χ1n) is 10.6. The van der Waals surface area contributed by atoms with Crippen LogP contribution in [0.25, 0.3) is 0 Å². The molecule has 2 aromatic carbocycles. The summed E-state index contributed by atoms with van der Waals surface area (Å²) in [5.74, 6) is -2.47. The number of hydrogen-bond donors (Lipinski definition) is 4. The lowest BCUT2D eigenvalue weighted by Crippen LogP contribution is -2.26. The zero-order chi connectivity index (χ0) is 23.5. The summed E-state index contributed by atoms with van der Waals surface area (Å²) in [6.45, 7) is 4.90. The van der Waals surface area contributed by atoms with Crippen molar-refractivity contribution in [2.45, 2.75) is 46.1 Å². The van der Waals surface area contributed by atoms with Crippen molar-refractivity contribution in [2.75, 3.05) is 13.1 Å². The largest absolute Gasteiger partial charge is 0.478 e. The minimum Gasteiger partial charge on any atom is -0.478 e. The van der Waals surface area contributed by atoms with Gasteiger partial charge in [0.15, 0.2) is 0 Å². The lowest BCUT2D eigenvalue weighted by atomic mass is 10.0. The Morgan fingerprint density at radius 2 is 1.38 bits per heavy atom. The maximum Gasteiger partial charge on any atom is 0.336 e. The molecule has 0 bridgehead atoms. The van der Waals surface area contributed by atoms with Crippen LogP contribution in [-0.2, 0) is 11.4 Å². The zero-order valence-electron chi connectivity index (χ0n) is 18.4. The molecule has 172 valence electrons. The van der Waals surface area contributed by atoms with Gasteiger partial charge in [0.1, 0.15) is 0 Å². The molecule has 0 fully saturated rings. The lowest BCUT2D eigenvalue weighted by Gasteiger charge is -2.10. The van der Waals surface area contributed by atoms with Gasteiger partial charge < -0.3 is 15.5 Å². The van der Waals surface area contributed by atoms with Crippen molar-refractivity contribution in [3.8, 4) is 0 Å². The molecule has 32 heavy (non-hydrogen) atoms. The second kappa shape index (κ2) is 12.6. The summed E-state index contributed by atoms with van der Waals surface area (Å²) in [5, 5.41) is 21.3. The Morgan fingerprint density at radius 3 is 2.03 bits per heavy atom. The minimum absolute atomic E-state index is 0.00897. The van der Waals surface area contributed by atoms with Gasteiger partial charge in [0.05, 0.1) is 23.3 Å². The molecular weight excluding hydrogens is 412 g/mol. The van der Waals surface area contributed by atoms with Crippen LogP contribution in [0.2, 0.25) is 0 Å². The van der Waals surface area contributed by atoms with Crippen molar-refractivity contribution in [3.63, 3.8) is 0 Å². The first-order valence-corrected chi connectivity index (χ1v) is 10.6. The highest BCUT2D eigenvalue weighted by molar-refractivity contribution is 6.04. The van der Waals surface area contributed by atoms with E-state index in [4.69, 9.17) is 4.84 Å². The second-order valence-electron chi connectivity index (χ2n) is 7.67. The first-order chi connectivity index (χ1) is 15.3. The number of hydrogen-bond acceptors (Lipinski definition) is 5. The fraction of sp³-hybridized carbons (Fsp3) is 0.375. The van der Waals surface area contributed by atoms with Crippen LogP contribution in [0.1, 0.15) is 73.4 Å². The first kappa shape index (κ1) is 25.0. The van der Waals surface area contributed by atoms with Gasteiger partial charge in [-0.25, -0.2) is 15.1 Å². The molecule has 0 aliphatic heterocycles. The van der Waals surface area contributed by atoms with Crippen molar-refractivity contribution in [3.05, 3.63) is 69.8 Å². The summed E-state index contributed by atoms with van der Waals surface area (Å²) < 4.78 is 0. The van der Waals surface area contributed by atoms with Gasteiger partial charge in [0.2, 0.25) is 0 Å². The molecule has 0 heterocycles. The topological polar surface area (TPSA) is 125 Å². The van der Waals surface area contributed by atoms with E-state index in [0.717, 1.165) is 36.8 Å². The molecule has 8 heteroatoms. The Labute approximate surface area is 187 Å². The van der Waals surface area contributed by atoms with Gasteiger partial charge >= 0.3 is 11.9 Å². The number of aromatic carboxylic acids is 2. The second-order valence-corrected chi connectivity index (χ2v) is 7.67. The Bertz CT molecular complexity index is 958. The van der Waals surface area contributed by atoms with E-state index in [0.29, 0.717) is 18.7 Å². The van der Waals surface area contributed by atoms with E-state index in [1.807, 2.05) is 13.0 Å². The van der Waals surface area contributed by atoms with E-state index in [9.17, 15) is 24.6 Å². The van der Waals surface area contributed by atoms with Gasteiger partial charge in [-0.2, -0.15) is 0 Å². The third-order valence-electron chi connectivity index (χ3n) is 4.97. The van der Waals surface area contributed by atoms with Crippen LogP contribution in [0.15, 0.2) is 36.4 Å². The van der Waals surface area contributed by atoms with Crippen LogP contribution >= 0.6 is 0 Å². The molecule has 0 atom stereocenters. The zero-order valence-corrected chi connectivity index (χ0v) is 18.4. The third-order valence-corrected chi connectivity index (χ3v) is 4.97. The molecule has 0 unspecified atom stereocenters. The van der Waals surface area contributed by atoms with Crippen molar-refractivity contribution in [2.24, 2.45) is 0 Å². The minimum atomic E-state index is -1.12. The van der Waals surface area contributed by atoms with Gasteiger partial charge in [-0.05, 0) is 50.5 Å². The number of nitrogens with one attached hydrogen (secondary N) is 2. The Balaban J connectivity index is 1.59. The number of carboxylic acids is 2. The van der Waals surface area contributed by atoms with E-state index in [1.54, 1.807) is 25.1 Å². The van der Waals surface area contributed by atoms with E-state index in [-0.39, 0.29) is 29.2 Å². The van der Waals surface area contributed by atoms with Gasteiger partial charge in [0, 0.05) is 13.1 Å². The molecule has 2 rings (SSSR count). The number of benzene rings is 2. The fourth-order valence-corrected chi connectivity index (χ4v) is 3.22. The lowest BCUT2D eigenvalue weighted by molar-refractivity contribution is 0.0263. The molecule has 0 aromatic heterocycles. The smallest absolute Gasteiger partial charge is 0.336 e. The molecule has 4 N–H and O–H groups in total. The SMILES string of the molecule is Cc1ccc(CONCCCCCCNC(=O)c2ccc(C)cc2C(=O)O)c(C(=O)O)c1. The molecule has 1 amide bonds. The summed E-state index contributed by atoms with van der Waals surface area (Å²) in [6, 6.07) is 9.98. The Morgan fingerprint density at radius 1 is 0.781 bits per heavy atom. The molecule has 8 nitrogen and oxygen atoms in total. The quantitative estimate of drug-likeness (QED) is 0.275. The maximum atomic E-state index is 12.3. The summed E-state index contributed by atoms with van der Waals surface area (Å²) >= 11 is 0. The highest BCUT2D eigenvalue weighted by atomic mass is 16.6. The van der Waals surface area contributed by atoms with E-state index < -0.39 is 11.9 Å². The van der Waals surface area contributed by atoms with Crippen LogP contribution in [0.4, 0.5) is 0 Å². The number of carboxylic acid groups (broad SMARTS) is 2. The number of amides is 1. The molecule has 0 radical (unpaired) electrons. The highest BCUT2D eigenvalue weighted by Crippen LogP contribution is 2.13. The van der Waals surface area contributed by atoms with Crippen LogP contribution in [-0.4, -0.2) is 41.1 Å². The number of carbonyl (C=O) groups excluding carboxylic acids is 1. The summed E-state index contributed by atoms with van der Waals surface area (Å²) in [5.41, 5.74) is 5.56. The van der Waals surface area contributed by atoms with Crippen LogP contribution in [0.5, 0.6) is 0 Å². The van der Waals surface area contributed by atoms with Crippen molar-refractivity contribution in [1.29, 1.82) is 0 Å². The Hall–Kier alpha value is -3.23. The third kappa shape index (κ3) is 7.79. The van der Waals surface area contributed by atoms with E-state index in [2.05, 4.69) is 10.8 Å². The van der Waals surface area contributed by atoms with Gasteiger partial charge in [-0.1, -0.05) is 42.2 Å². The van der Waals surface area contributed by atoms with Crippen LogP contribution in [0.3, 0.4) is 0 Å². The normalized spacial score (nSPS) is 10.7.